The fourth-order valence-electron chi connectivity index (χ4n) is 6.87. The number of carbonyl (C=O) groups is 3. The molecule has 0 aliphatic rings. The number of esters is 3. The lowest BCUT2D eigenvalue weighted by molar-refractivity contribution is -0.167. The number of hydrogen-bond donors (Lipinski definition) is 0. The number of ether oxygens (including phenoxy) is 3. The van der Waals surface area contributed by atoms with Gasteiger partial charge in [-0.25, -0.2) is 0 Å². The molecule has 0 aliphatic heterocycles. The minimum absolute atomic E-state index is 0.0890. The first-order chi connectivity index (χ1) is 30.5. The summed E-state index contributed by atoms with van der Waals surface area (Å²) in [6.45, 7) is 6.48. The summed E-state index contributed by atoms with van der Waals surface area (Å²) < 4.78 is 16.8. The second-order valence-electron chi connectivity index (χ2n) is 16.9. The minimum Gasteiger partial charge on any atom is -0.462 e. The number of carbonyl (C=O) groups excluding carboxylic acids is 3. The third-order valence-electron chi connectivity index (χ3n) is 10.8. The van der Waals surface area contributed by atoms with Crippen molar-refractivity contribution in [1.29, 1.82) is 0 Å². The van der Waals surface area contributed by atoms with Crippen molar-refractivity contribution in [2.45, 2.75) is 239 Å². The zero-order chi connectivity index (χ0) is 45.1. The first kappa shape index (κ1) is 58.6. The van der Waals surface area contributed by atoms with Crippen molar-refractivity contribution in [2.75, 3.05) is 13.2 Å². The number of allylic oxidation sites excluding steroid dienone is 14. The quantitative estimate of drug-likeness (QED) is 0.0263. The van der Waals surface area contributed by atoms with Gasteiger partial charge in [0.2, 0.25) is 0 Å². The van der Waals surface area contributed by atoms with Crippen LogP contribution in [0, 0.1) is 0 Å². The van der Waals surface area contributed by atoms with Gasteiger partial charge in [0.1, 0.15) is 13.2 Å². The molecule has 0 N–H and O–H groups in total. The molecule has 1 atom stereocenters. The Balaban J connectivity index is 4.45. The molecule has 0 aromatic heterocycles. The van der Waals surface area contributed by atoms with E-state index in [1.807, 2.05) is 24.3 Å². The van der Waals surface area contributed by atoms with E-state index in [0.29, 0.717) is 19.3 Å². The molecule has 0 radical (unpaired) electrons. The zero-order valence-electron chi connectivity index (χ0n) is 40.4. The number of rotatable bonds is 45. The van der Waals surface area contributed by atoms with Crippen LogP contribution in [0.15, 0.2) is 85.1 Å². The molecule has 1 unspecified atom stereocenters. The fraction of sp³-hybridized carbons (Fsp3) is 0.696. The van der Waals surface area contributed by atoms with Crippen LogP contribution in [0.5, 0.6) is 0 Å². The Kier molecular flexibility index (Phi) is 47.5. The molecular weight excluding hydrogens is 769 g/mol. The van der Waals surface area contributed by atoms with Crippen LogP contribution in [0.4, 0.5) is 0 Å². The first-order valence-corrected chi connectivity index (χ1v) is 25.7. The minimum atomic E-state index is -0.791. The molecular formula is C56H94O6. The van der Waals surface area contributed by atoms with Crippen molar-refractivity contribution in [3.63, 3.8) is 0 Å². The van der Waals surface area contributed by atoms with E-state index in [1.54, 1.807) is 0 Å². The van der Waals surface area contributed by atoms with E-state index in [0.717, 1.165) is 96.3 Å². The van der Waals surface area contributed by atoms with Crippen molar-refractivity contribution in [2.24, 2.45) is 0 Å². The molecule has 0 spiro atoms. The van der Waals surface area contributed by atoms with Gasteiger partial charge in [-0.3, -0.25) is 14.4 Å². The van der Waals surface area contributed by atoms with Gasteiger partial charge in [-0.05, 0) is 64.2 Å². The van der Waals surface area contributed by atoms with Gasteiger partial charge in [0, 0.05) is 19.3 Å². The fourth-order valence-corrected chi connectivity index (χ4v) is 6.87. The van der Waals surface area contributed by atoms with E-state index >= 15 is 0 Å². The van der Waals surface area contributed by atoms with E-state index in [-0.39, 0.29) is 31.1 Å². The van der Waals surface area contributed by atoms with Gasteiger partial charge < -0.3 is 14.2 Å². The van der Waals surface area contributed by atoms with Crippen molar-refractivity contribution < 1.29 is 28.6 Å². The van der Waals surface area contributed by atoms with Crippen LogP contribution in [0.25, 0.3) is 0 Å². The lowest BCUT2D eigenvalue weighted by atomic mass is 10.1. The van der Waals surface area contributed by atoms with E-state index in [1.165, 1.54) is 96.3 Å². The van der Waals surface area contributed by atoms with Crippen LogP contribution < -0.4 is 0 Å². The molecule has 0 saturated heterocycles. The van der Waals surface area contributed by atoms with Gasteiger partial charge in [0.25, 0.3) is 0 Å². The van der Waals surface area contributed by atoms with Gasteiger partial charge in [-0.15, -0.1) is 0 Å². The molecule has 0 heterocycles. The van der Waals surface area contributed by atoms with E-state index < -0.39 is 6.10 Å². The largest absolute Gasteiger partial charge is 0.462 e. The SMILES string of the molecule is CCC\C=C/C=C\C=C/C=C\C=C/CCCCCCCC(=O)OCC(COC(=O)CCCCCCCCCCCCC)OC(=O)CCCCCCCC/C=C\C=C/CCCCC. The summed E-state index contributed by atoms with van der Waals surface area (Å²) >= 11 is 0. The maximum atomic E-state index is 12.8. The van der Waals surface area contributed by atoms with Crippen LogP contribution in [-0.4, -0.2) is 37.2 Å². The highest BCUT2D eigenvalue weighted by Crippen LogP contribution is 2.14. The highest BCUT2D eigenvalue weighted by atomic mass is 16.6. The Morgan fingerprint density at radius 1 is 0.323 bits per heavy atom. The Hall–Kier alpha value is -3.41. The third-order valence-corrected chi connectivity index (χ3v) is 10.8. The number of hydrogen-bond acceptors (Lipinski definition) is 6. The first-order valence-electron chi connectivity index (χ1n) is 25.7. The maximum absolute atomic E-state index is 12.8. The monoisotopic (exact) mass is 863 g/mol. The molecule has 6 nitrogen and oxygen atoms in total. The summed E-state index contributed by atoms with van der Waals surface area (Å²) in [5, 5.41) is 0. The standard InChI is InChI=1S/C56H94O6/c1-4-7-10-13-16-19-22-24-26-27-28-30-31-34-37-40-43-46-49-55(58)61-52-53(51-60-54(57)48-45-42-39-36-33-21-18-15-12-9-6-3)62-56(59)50-47-44-41-38-35-32-29-25-23-20-17-14-11-8-5-2/h10,13,16-17,19-20,22-28,30,53H,4-9,11-12,14-15,18,21,29,31-52H2,1-3H3/b13-10-,19-16-,20-17-,24-22-,25-23-,27-26-,30-28-. The molecule has 6 heteroatoms. The topological polar surface area (TPSA) is 78.9 Å². The summed E-state index contributed by atoms with van der Waals surface area (Å²) in [6, 6.07) is 0. The molecule has 0 fully saturated rings. The van der Waals surface area contributed by atoms with Gasteiger partial charge in [0.15, 0.2) is 6.10 Å². The summed E-state index contributed by atoms with van der Waals surface area (Å²) in [6.07, 6.45) is 64.1. The van der Waals surface area contributed by atoms with Crippen LogP contribution in [0.3, 0.4) is 0 Å². The van der Waals surface area contributed by atoms with Gasteiger partial charge in [-0.1, -0.05) is 234 Å². The highest BCUT2D eigenvalue weighted by molar-refractivity contribution is 5.71. The third kappa shape index (κ3) is 47.6. The van der Waals surface area contributed by atoms with Crippen molar-refractivity contribution >= 4 is 17.9 Å². The molecule has 354 valence electrons. The molecule has 0 saturated carbocycles. The maximum Gasteiger partial charge on any atom is 0.306 e. The van der Waals surface area contributed by atoms with Gasteiger partial charge in [-0.2, -0.15) is 0 Å². The summed E-state index contributed by atoms with van der Waals surface area (Å²) in [7, 11) is 0. The lowest BCUT2D eigenvalue weighted by Crippen LogP contribution is -2.30. The summed E-state index contributed by atoms with van der Waals surface area (Å²) in [5.41, 5.74) is 0. The zero-order valence-corrected chi connectivity index (χ0v) is 40.4. The number of unbranched alkanes of at least 4 members (excludes halogenated alkanes) is 25. The Labute approximate surface area is 382 Å². The molecule has 62 heavy (non-hydrogen) atoms. The highest BCUT2D eigenvalue weighted by Gasteiger charge is 2.19. The molecule has 0 bridgehead atoms. The lowest BCUT2D eigenvalue weighted by Gasteiger charge is -2.18. The molecule has 0 aromatic carbocycles. The van der Waals surface area contributed by atoms with Crippen molar-refractivity contribution in [3.8, 4) is 0 Å². The Morgan fingerprint density at radius 2 is 0.613 bits per heavy atom. The Bertz CT molecular complexity index is 1220. The average molecular weight is 863 g/mol. The van der Waals surface area contributed by atoms with Crippen LogP contribution >= 0.6 is 0 Å². The average Bonchev–Trinajstić information content (AvgIpc) is 3.27. The van der Waals surface area contributed by atoms with Crippen LogP contribution in [-0.2, 0) is 28.6 Å². The molecule has 0 aliphatic carbocycles. The van der Waals surface area contributed by atoms with Crippen LogP contribution in [0.1, 0.15) is 233 Å². The van der Waals surface area contributed by atoms with Crippen molar-refractivity contribution in [1.82, 2.24) is 0 Å². The molecule has 0 rings (SSSR count). The van der Waals surface area contributed by atoms with E-state index in [9.17, 15) is 14.4 Å². The summed E-state index contributed by atoms with van der Waals surface area (Å²) in [4.78, 5) is 37.9. The van der Waals surface area contributed by atoms with E-state index in [2.05, 4.69) is 81.5 Å². The summed E-state index contributed by atoms with van der Waals surface area (Å²) in [5.74, 6) is -0.928. The van der Waals surface area contributed by atoms with Crippen molar-refractivity contribution in [3.05, 3.63) is 85.1 Å². The predicted molar refractivity (Wildman–Crippen MR) is 265 cm³/mol. The second-order valence-corrected chi connectivity index (χ2v) is 16.9. The van der Waals surface area contributed by atoms with E-state index in [4.69, 9.17) is 14.2 Å². The molecule has 0 amide bonds. The predicted octanol–water partition coefficient (Wildman–Crippen LogP) is 16.8. The van der Waals surface area contributed by atoms with Crippen LogP contribution in [0.2, 0.25) is 0 Å². The smallest absolute Gasteiger partial charge is 0.306 e. The Morgan fingerprint density at radius 3 is 1.02 bits per heavy atom. The normalized spacial score (nSPS) is 12.8. The van der Waals surface area contributed by atoms with Gasteiger partial charge in [0.05, 0.1) is 0 Å². The van der Waals surface area contributed by atoms with Gasteiger partial charge >= 0.3 is 17.9 Å². The second kappa shape index (κ2) is 50.2. The molecule has 0 aromatic rings.